The average molecular weight is 403 g/mol. The zero-order chi connectivity index (χ0) is 21.2. The van der Waals surface area contributed by atoms with Crippen LogP contribution in [-0.2, 0) is 22.6 Å². The predicted molar refractivity (Wildman–Crippen MR) is 119 cm³/mol. The van der Waals surface area contributed by atoms with E-state index in [2.05, 4.69) is 67.2 Å². The van der Waals surface area contributed by atoms with E-state index >= 15 is 0 Å². The molecule has 0 aromatic heterocycles. The van der Waals surface area contributed by atoms with E-state index in [4.69, 9.17) is 9.73 Å². The Hall–Kier alpha value is -2.08. The summed E-state index contributed by atoms with van der Waals surface area (Å²) in [5.41, 5.74) is 2.58. The molecular weight excluding hydrogens is 364 g/mol. The van der Waals surface area contributed by atoms with Crippen LogP contribution >= 0.6 is 0 Å². The Bertz CT molecular complexity index is 667. The Morgan fingerprint density at radius 1 is 1.24 bits per heavy atom. The van der Waals surface area contributed by atoms with Crippen LogP contribution in [0.25, 0.3) is 0 Å². The van der Waals surface area contributed by atoms with Gasteiger partial charge < -0.3 is 15.0 Å². The number of nitrogens with zero attached hydrogens (tertiary/aromatic N) is 3. The van der Waals surface area contributed by atoms with Crippen LogP contribution < -0.4 is 5.32 Å². The number of carbonyl (C=O) groups is 1. The molecule has 29 heavy (non-hydrogen) atoms. The van der Waals surface area contributed by atoms with Gasteiger partial charge in [-0.1, -0.05) is 24.3 Å². The molecule has 6 nitrogen and oxygen atoms in total. The lowest BCUT2D eigenvalue weighted by molar-refractivity contribution is -0.149. The Balaban J connectivity index is 2.04. The molecule has 1 saturated heterocycles. The second-order valence-electron chi connectivity index (χ2n) is 7.96. The van der Waals surface area contributed by atoms with Crippen LogP contribution in [0.15, 0.2) is 29.3 Å². The van der Waals surface area contributed by atoms with Gasteiger partial charge in [0.1, 0.15) is 0 Å². The van der Waals surface area contributed by atoms with Crippen LogP contribution in [0.1, 0.15) is 51.7 Å². The van der Waals surface area contributed by atoms with Gasteiger partial charge in [-0.2, -0.15) is 0 Å². The van der Waals surface area contributed by atoms with Gasteiger partial charge in [0.15, 0.2) is 5.96 Å². The highest BCUT2D eigenvalue weighted by molar-refractivity contribution is 5.80. The summed E-state index contributed by atoms with van der Waals surface area (Å²) in [6.45, 7) is 12.9. The molecule has 1 aromatic carbocycles. The van der Waals surface area contributed by atoms with Crippen LogP contribution in [0.5, 0.6) is 0 Å². The van der Waals surface area contributed by atoms with Crippen molar-refractivity contribution < 1.29 is 9.53 Å². The summed E-state index contributed by atoms with van der Waals surface area (Å²) in [5, 5.41) is 3.42. The third kappa shape index (κ3) is 7.03. The van der Waals surface area contributed by atoms with Crippen LogP contribution in [-0.4, -0.2) is 61.1 Å². The first-order chi connectivity index (χ1) is 14.0. The number of piperidine rings is 1. The molecule has 1 heterocycles. The highest BCUT2D eigenvalue weighted by Gasteiger charge is 2.27. The number of carbonyl (C=O) groups excluding carboxylic acids is 1. The molecule has 0 atom stereocenters. The average Bonchev–Trinajstić information content (AvgIpc) is 2.72. The Morgan fingerprint density at radius 2 is 1.90 bits per heavy atom. The molecule has 2 rings (SSSR count). The van der Waals surface area contributed by atoms with Crippen molar-refractivity contribution in [2.75, 3.05) is 33.3 Å². The van der Waals surface area contributed by atoms with Gasteiger partial charge in [0.2, 0.25) is 0 Å². The number of aliphatic imine (C=N–C) groups is 1. The SMILES string of the molecule is CCNC(=NCc1ccccc1CN(C)C(C)C)N1CCC(C(=O)OCC)CC1. The maximum absolute atomic E-state index is 12.0. The minimum absolute atomic E-state index is 0.0152. The lowest BCUT2D eigenvalue weighted by Crippen LogP contribution is -2.46. The van der Waals surface area contributed by atoms with Crippen molar-refractivity contribution in [2.24, 2.45) is 10.9 Å². The Kier molecular flexibility index (Phi) is 9.45. The molecule has 0 spiro atoms. The Morgan fingerprint density at radius 3 is 2.48 bits per heavy atom. The maximum Gasteiger partial charge on any atom is 0.309 e. The van der Waals surface area contributed by atoms with E-state index in [0.717, 1.165) is 45.0 Å². The van der Waals surface area contributed by atoms with Crippen molar-refractivity contribution in [3.8, 4) is 0 Å². The summed E-state index contributed by atoms with van der Waals surface area (Å²) >= 11 is 0. The van der Waals surface area contributed by atoms with Crippen molar-refractivity contribution in [1.29, 1.82) is 0 Å². The summed E-state index contributed by atoms with van der Waals surface area (Å²) < 4.78 is 5.18. The quantitative estimate of drug-likeness (QED) is 0.411. The van der Waals surface area contributed by atoms with Gasteiger partial charge in [0.25, 0.3) is 0 Å². The highest BCUT2D eigenvalue weighted by Crippen LogP contribution is 2.19. The van der Waals surface area contributed by atoms with Gasteiger partial charge in [-0.05, 0) is 58.7 Å². The number of hydrogen-bond acceptors (Lipinski definition) is 4. The lowest BCUT2D eigenvalue weighted by Gasteiger charge is -2.33. The topological polar surface area (TPSA) is 57.2 Å². The fraction of sp³-hybridized carbons (Fsp3) is 0.652. The lowest BCUT2D eigenvalue weighted by atomic mass is 9.97. The summed E-state index contributed by atoms with van der Waals surface area (Å²) in [4.78, 5) is 21.5. The van der Waals surface area contributed by atoms with E-state index in [1.165, 1.54) is 11.1 Å². The van der Waals surface area contributed by atoms with Crippen LogP contribution in [0, 0.1) is 5.92 Å². The molecule has 1 aromatic rings. The van der Waals surface area contributed by atoms with Crippen molar-refractivity contribution in [3.63, 3.8) is 0 Å². The molecule has 0 saturated carbocycles. The first kappa shape index (κ1) is 23.2. The molecule has 1 aliphatic heterocycles. The van der Waals surface area contributed by atoms with E-state index in [9.17, 15) is 4.79 Å². The molecule has 162 valence electrons. The summed E-state index contributed by atoms with van der Waals surface area (Å²) in [7, 11) is 2.16. The van der Waals surface area contributed by atoms with Gasteiger partial charge in [0.05, 0.1) is 19.1 Å². The van der Waals surface area contributed by atoms with E-state index in [1.54, 1.807) is 0 Å². The summed E-state index contributed by atoms with van der Waals surface area (Å²) in [6, 6.07) is 9.05. The number of hydrogen-bond donors (Lipinski definition) is 1. The molecule has 6 heteroatoms. The number of likely N-dealkylation sites (tertiary alicyclic amines) is 1. The first-order valence-corrected chi connectivity index (χ1v) is 10.9. The first-order valence-electron chi connectivity index (χ1n) is 10.9. The maximum atomic E-state index is 12.0. The standard InChI is InChI=1S/C23H38N4O2/c1-6-24-23(27-14-12-19(13-15-27)22(28)29-7-2)25-16-20-10-8-9-11-21(20)17-26(5)18(3)4/h8-11,18-19H,6-7,12-17H2,1-5H3,(H,24,25). The zero-order valence-corrected chi connectivity index (χ0v) is 18.8. The summed E-state index contributed by atoms with van der Waals surface area (Å²) in [6.07, 6.45) is 1.64. The number of benzene rings is 1. The van der Waals surface area contributed by atoms with E-state index in [1.807, 2.05) is 6.92 Å². The number of rotatable bonds is 8. The number of esters is 1. The molecular formula is C23H38N4O2. The van der Waals surface area contributed by atoms with Crippen molar-refractivity contribution in [3.05, 3.63) is 35.4 Å². The van der Waals surface area contributed by atoms with Crippen molar-refractivity contribution in [1.82, 2.24) is 15.1 Å². The number of guanidine groups is 1. The minimum Gasteiger partial charge on any atom is -0.466 e. The van der Waals surface area contributed by atoms with Gasteiger partial charge in [0, 0.05) is 32.2 Å². The molecule has 0 bridgehead atoms. The van der Waals surface area contributed by atoms with Crippen molar-refractivity contribution >= 4 is 11.9 Å². The third-order valence-electron chi connectivity index (χ3n) is 5.57. The van der Waals surface area contributed by atoms with Gasteiger partial charge in [-0.3, -0.25) is 9.69 Å². The van der Waals surface area contributed by atoms with E-state index < -0.39 is 0 Å². The highest BCUT2D eigenvalue weighted by atomic mass is 16.5. The molecule has 0 radical (unpaired) electrons. The molecule has 1 aliphatic rings. The molecule has 1 fully saturated rings. The smallest absolute Gasteiger partial charge is 0.309 e. The van der Waals surface area contributed by atoms with Gasteiger partial charge >= 0.3 is 5.97 Å². The minimum atomic E-state index is -0.0581. The monoisotopic (exact) mass is 402 g/mol. The molecule has 0 unspecified atom stereocenters. The third-order valence-corrected chi connectivity index (χ3v) is 5.57. The fourth-order valence-corrected chi connectivity index (χ4v) is 3.49. The summed E-state index contributed by atoms with van der Waals surface area (Å²) in [5.74, 6) is 0.889. The fourth-order valence-electron chi connectivity index (χ4n) is 3.49. The molecule has 0 amide bonds. The Labute approximate surface area is 176 Å². The second-order valence-corrected chi connectivity index (χ2v) is 7.96. The molecule has 1 N–H and O–H groups in total. The van der Waals surface area contributed by atoms with Gasteiger partial charge in [-0.15, -0.1) is 0 Å². The number of nitrogens with one attached hydrogen (secondary N) is 1. The second kappa shape index (κ2) is 11.8. The van der Waals surface area contributed by atoms with Crippen molar-refractivity contribution in [2.45, 2.75) is 59.7 Å². The zero-order valence-electron chi connectivity index (χ0n) is 18.8. The largest absolute Gasteiger partial charge is 0.466 e. The van der Waals surface area contributed by atoms with Crippen LogP contribution in [0.2, 0.25) is 0 Å². The van der Waals surface area contributed by atoms with Gasteiger partial charge in [-0.25, -0.2) is 4.99 Å². The molecule has 0 aliphatic carbocycles. The predicted octanol–water partition coefficient (Wildman–Crippen LogP) is 3.27. The normalized spacial score (nSPS) is 15.8. The van der Waals surface area contributed by atoms with Crippen LogP contribution in [0.3, 0.4) is 0 Å². The number of ether oxygens (including phenoxy) is 1. The van der Waals surface area contributed by atoms with Crippen LogP contribution in [0.4, 0.5) is 0 Å². The van der Waals surface area contributed by atoms with E-state index in [0.29, 0.717) is 19.2 Å². The van der Waals surface area contributed by atoms with E-state index in [-0.39, 0.29) is 11.9 Å².